The van der Waals surface area contributed by atoms with Gasteiger partial charge in [-0.2, -0.15) is 5.10 Å². The summed E-state index contributed by atoms with van der Waals surface area (Å²) in [6.07, 6.45) is 2.98. The van der Waals surface area contributed by atoms with Gasteiger partial charge >= 0.3 is 5.91 Å². The van der Waals surface area contributed by atoms with E-state index in [0.717, 1.165) is 18.6 Å². The predicted molar refractivity (Wildman–Crippen MR) is 74.0 cm³/mol. The van der Waals surface area contributed by atoms with Crippen molar-refractivity contribution < 1.29 is 9.21 Å². The van der Waals surface area contributed by atoms with Crippen LogP contribution >= 0.6 is 0 Å². The van der Waals surface area contributed by atoms with Crippen LogP contribution < -0.4 is 5.43 Å². The molecule has 0 atom stereocenters. The average Bonchev–Trinajstić information content (AvgIpc) is 2.98. The Labute approximate surface area is 112 Å². The number of hydrazone groups is 1. The highest BCUT2D eigenvalue weighted by Crippen LogP contribution is 2.03. The molecule has 0 aliphatic rings. The molecule has 0 spiro atoms. The first-order valence-electron chi connectivity index (χ1n) is 6.22. The maximum absolute atomic E-state index is 11.7. The Kier molecular flexibility index (Phi) is 4.50. The van der Waals surface area contributed by atoms with Gasteiger partial charge in [0.05, 0.1) is 6.26 Å². The molecule has 2 aromatic rings. The van der Waals surface area contributed by atoms with Gasteiger partial charge in [0, 0.05) is 12.1 Å². The van der Waals surface area contributed by atoms with Crippen molar-refractivity contribution in [3.8, 4) is 0 Å². The van der Waals surface area contributed by atoms with Gasteiger partial charge in [0.25, 0.3) is 0 Å². The van der Waals surface area contributed by atoms with E-state index in [2.05, 4.69) is 10.5 Å². The van der Waals surface area contributed by atoms with Crippen LogP contribution in [0.25, 0.3) is 0 Å². The number of rotatable bonds is 5. The number of hydrogen-bond acceptors (Lipinski definition) is 3. The Morgan fingerprint density at radius 3 is 2.63 bits per heavy atom. The minimum absolute atomic E-state index is 0.263. The van der Waals surface area contributed by atoms with Crippen LogP contribution in [0.3, 0.4) is 0 Å². The molecule has 1 heterocycles. The first-order chi connectivity index (χ1) is 9.29. The third-order valence-electron chi connectivity index (χ3n) is 2.72. The normalized spacial score (nSPS) is 11.3. The van der Waals surface area contributed by atoms with Gasteiger partial charge in [-0.1, -0.05) is 37.3 Å². The van der Waals surface area contributed by atoms with Crippen molar-refractivity contribution in [2.75, 3.05) is 0 Å². The number of nitrogens with one attached hydrogen (secondary N) is 1. The fourth-order valence-electron chi connectivity index (χ4n) is 1.67. The maximum atomic E-state index is 11.7. The summed E-state index contributed by atoms with van der Waals surface area (Å²) in [5.74, 6) is -0.0667. The molecular weight excluding hydrogens is 240 g/mol. The molecule has 19 heavy (non-hydrogen) atoms. The molecule has 4 nitrogen and oxygen atoms in total. The third-order valence-corrected chi connectivity index (χ3v) is 2.72. The SMILES string of the molecule is CC/C(Cc1ccccc1)=N/NC(=O)c1ccco1. The lowest BCUT2D eigenvalue weighted by molar-refractivity contribution is 0.0927. The molecule has 1 N–H and O–H groups in total. The lowest BCUT2D eigenvalue weighted by atomic mass is 10.1. The zero-order valence-corrected chi connectivity index (χ0v) is 10.8. The molecule has 1 amide bonds. The number of benzene rings is 1. The van der Waals surface area contributed by atoms with E-state index in [0.29, 0.717) is 0 Å². The molecule has 0 aliphatic heterocycles. The number of amides is 1. The highest BCUT2D eigenvalue weighted by molar-refractivity contribution is 5.93. The van der Waals surface area contributed by atoms with Crippen LogP contribution in [0.5, 0.6) is 0 Å². The molecular formula is C15H16N2O2. The highest BCUT2D eigenvalue weighted by atomic mass is 16.3. The fraction of sp³-hybridized carbons (Fsp3) is 0.200. The lowest BCUT2D eigenvalue weighted by Crippen LogP contribution is -2.19. The fourth-order valence-corrected chi connectivity index (χ4v) is 1.67. The molecule has 1 aromatic carbocycles. The topological polar surface area (TPSA) is 54.6 Å². The molecule has 0 radical (unpaired) electrons. The summed E-state index contributed by atoms with van der Waals surface area (Å²) >= 11 is 0. The number of carbonyl (C=O) groups is 1. The predicted octanol–water partition coefficient (Wildman–Crippen LogP) is 3.02. The smallest absolute Gasteiger partial charge is 0.307 e. The van der Waals surface area contributed by atoms with Crippen LogP contribution in [0.4, 0.5) is 0 Å². The lowest BCUT2D eigenvalue weighted by Gasteiger charge is -2.04. The molecule has 0 bridgehead atoms. The van der Waals surface area contributed by atoms with E-state index in [9.17, 15) is 4.79 Å². The van der Waals surface area contributed by atoms with E-state index >= 15 is 0 Å². The zero-order valence-electron chi connectivity index (χ0n) is 10.8. The molecule has 0 fully saturated rings. The standard InChI is InChI=1S/C15H16N2O2/c1-2-13(11-12-7-4-3-5-8-12)16-17-15(18)14-9-6-10-19-14/h3-10H,2,11H2,1H3,(H,17,18)/b16-13-. The van der Waals surface area contributed by atoms with E-state index in [4.69, 9.17) is 4.42 Å². The Morgan fingerprint density at radius 1 is 1.21 bits per heavy atom. The van der Waals surface area contributed by atoms with Crippen molar-refractivity contribution in [3.63, 3.8) is 0 Å². The minimum Gasteiger partial charge on any atom is -0.459 e. The molecule has 1 aromatic heterocycles. The Morgan fingerprint density at radius 2 is 2.00 bits per heavy atom. The second kappa shape index (κ2) is 6.54. The summed E-state index contributed by atoms with van der Waals surface area (Å²) in [6.45, 7) is 2.01. The second-order valence-electron chi connectivity index (χ2n) is 4.11. The number of hydrogen-bond donors (Lipinski definition) is 1. The van der Waals surface area contributed by atoms with Gasteiger partial charge in [-0.05, 0) is 24.1 Å². The van der Waals surface area contributed by atoms with Crippen molar-refractivity contribution in [1.82, 2.24) is 5.43 Å². The van der Waals surface area contributed by atoms with Crippen LogP contribution in [-0.4, -0.2) is 11.6 Å². The molecule has 0 saturated carbocycles. The van der Waals surface area contributed by atoms with E-state index in [1.54, 1.807) is 12.1 Å². The van der Waals surface area contributed by atoms with Crippen molar-refractivity contribution in [2.24, 2.45) is 5.10 Å². The van der Waals surface area contributed by atoms with Gasteiger partial charge in [0.15, 0.2) is 5.76 Å². The Bertz CT molecular complexity index is 545. The Hall–Kier alpha value is -2.36. The summed E-state index contributed by atoms with van der Waals surface area (Å²) in [4.78, 5) is 11.7. The quantitative estimate of drug-likeness (QED) is 0.660. The average molecular weight is 256 g/mol. The van der Waals surface area contributed by atoms with Crippen LogP contribution in [0.1, 0.15) is 29.5 Å². The molecule has 0 saturated heterocycles. The molecule has 98 valence electrons. The van der Waals surface area contributed by atoms with Crippen molar-refractivity contribution in [3.05, 3.63) is 60.1 Å². The zero-order chi connectivity index (χ0) is 13.5. The monoisotopic (exact) mass is 256 g/mol. The third kappa shape index (κ3) is 3.81. The number of carbonyl (C=O) groups excluding carboxylic acids is 1. The van der Waals surface area contributed by atoms with Crippen LogP contribution in [-0.2, 0) is 6.42 Å². The van der Waals surface area contributed by atoms with Crippen molar-refractivity contribution >= 4 is 11.6 Å². The summed E-state index contributed by atoms with van der Waals surface area (Å²) in [7, 11) is 0. The first kappa shape index (κ1) is 13.1. The van der Waals surface area contributed by atoms with E-state index in [1.807, 2.05) is 37.3 Å². The van der Waals surface area contributed by atoms with Gasteiger partial charge in [-0.25, -0.2) is 5.43 Å². The van der Waals surface area contributed by atoms with Crippen LogP contribution in [0.15, 0.2) is 58.2 Å². The Balaban J connectivity index is 1.98. The summed E-state index contributed by atoms with van der Waals surface area (Å²) in [6, 6.07) is 13.3. The van der Waals surface area contributed by atoms with Crippen molar-refractivity contribution in [1.29, 1.82) is 0 Å². The number of nitrogens with zero attached hydrogens (tertiary/aromatic N) is 1. The van der Waals surface area contributed by atoms with Crippen LogP contribution in [0.2, 0.25) is 0 Å². The summed E-state index contributed by atoms with van der Waals surface area (Å²) in [5, 5.41) is 4.15. The highest BCUT2D eigenvalue weighted by Gasteiger charge is 2.07. The van der Waals surface area contributed by atoms with Crippen molar-refractivity contribution in [2.45, 2.75) is 19.8 Å². The largest absolute Gasteiger partial charge is 0.459 e. The van der Waals surface area contributed by atoms with Gasteiger partial charge in [0.1, 0.15) is 0 Å². The molecule has 4 heteroatoms. The van der Waals surface area contributed by atoms with Gasteiger partial charge in [-0.3, -0.25) is 4.79 Å². The minimum atomic E-state index is -0.330. The second-order valence-corrected chi connectivity index (χ2v) is 4.11. The number of furan rings is 1. The molecule has 2 rings (SSSR count). The summed E-state index contributed by atoms with van der Waals surface area (Å²) in [5.41, 5.74) is 4.61. The van der Waals surface area contributed by atoms with Gasteiger partial charge < -0.3 is 4.42 Å². The van der Waals surface area contributed by atoms with E-state index in [-0.39, 0.29) is 11.7 Å². The van der Waals surface area contributed by atoms with E-state index < -0.39 is 0 Å². The van der Waals surface area contributed by atoms with Gasteiger partial charge in [0.2, 0.25) is 0 Å². The summed E-state index contributed by atoms with van der Waals surface area (Å²) < 4.78 is 5.00. The molecule has 0 aliphatic carbocycles. The van der Waals surface area contributed by atoms with E-state index in [1.165, 1.54) is 11.8 Å². The van der Waals surface area contributed by atoms with Crippen LogP contribution in [0, 0.1) is 0 Å². The molecule has 0 unspecified atom stereocenters. The van der Waals surface area contributed by atoms with Gasteiger partial charge in [-0.15, -0.1) is 0 Å². The first-order valence-corrected chi connectivity index (χ1v) is 6.22. The maximum Gasteiger partial charge on any atom is 0.307 e.